The maximum Gasteiger partial charge on any atom is 0.315 e. The number of hydrogen-bond acceptors (Lipinski definition) is 3. The van der Waals surface area contributed by atoms with Gasteiger partial charge in [-0.1, -0.05) is 29.3 Å². The van der Waals surface area contributed by atoms with Crippen molar-refractivity contribution in [2.45, 2.75) is 23.6 Å². The van der Waals surface area contributed by atoms with Crippen LogP contribution in [0.3, 0.4) is 0 Å². The van der Waals surface area contributed by atoms with Crippen molar-refractivity contribution in [1.29, 1.82) is 0 Å². The Kier molecular flexibility index (Phi) is 10.7. The van der Waals surface area contributed by atoms with Gasteiger partial charge in [-0.3, -0.25) is 14.4 Å². The minimum Gasteiger partial charge on any atom is -0.326 e. The van der Waals surface area contributed by atoms with E-state index in [2.05, 4.69) is 26.6 Å². The molecule has 3 N–H and O–H groups in total. The summed E-state index contributed by atoms with van der Waals surface area (Å²) in [7, 11) is 0. The second kappa shape index (κ2) is 13.4. The summed E-state index contributed by atoms with van der Waals surface area (Å²) in [5.74, 6) is -6.38. The number of carbonyl (C=O) groups excluding carboxylic acids is 3. The fraction of sp³-hybridized carbons (Fsp3) is 0.160. The van der Waals surface area contributed by atoms with Crippen LogP contribution in [-0.2, 0) is 16.0 Å². The zero-order valence-corrected chi connectivity index (χ0v) is 24.3. The van der Waals surface area contributed by atoms with Crippen LogP contribution >= 0.6 is 62.3 Å². The molecule has 0 bridgehead atoms. The van der Waals surface area contributed by atoms with Gasteiger partial charge in [-0.05, 0) is 64.0 Å². The first-order chi connectivity index (χ1) is 18.7. The molecule has 0 spiro atoms. The summed E-state index contributed by atoms with van der Waals surface area (Å²) >= 11 is 28.1. The number of anilines is 3. The van der Waals surface area contributed by atoms with Gasteiger partial charge in [0.2, 0.25) is 5.91 Å². The van der Waals surface area contributed by atoms with Crippen molar-refractivity contribution in [2.75, 3.05) is 16.0 Å². The van der Waals surface area contributed by atoms with Crippen LogP contribution in [0.2, 0.25) is 10.0 Å². The highest BCUT2D eigenvalue weighted by Gasteiger charge is 2.29. The third-order valence-electron chi connectivity index (χ3n) is 5.15. The van der Waals surface area contributed by atoms with Gasteiger partial charge in [0.05, 0.1) is 27.7 Å². The molecule has 3 aromatic carbocycles. The molecule has 3 rings (SSSR count). The van der Waals surface area contributed by atoms with Gasteiger partial charge >= 0.3 is 6.43 Å². The highest BCUT2D eigenvalue weighted by Crippen LogP contribution is 2.33. The molecule has 0 unspecified atom stereocenters. The predicted molar refractivity (Wildman–Crippen MR) is 151 cm³/mol. The summed E-state index contributed by atoms with van der Waals surface area (Å²) < 4.78 is 52.8. The molecule has 0 heterocycles. The van der Waals surface area contributed by atoms with Crippen LogP contribution in [0.5, 0.6) is 0 Å². The first-order valence-corrected chi connectivity index (χ1v) is 13.3. The van der Waals surface area contributed by atoms with Crippen LogP contribution in [0.4, 0.5) is 34.6 Å². The third-order valence-corrected chi connectivity index (χ3v) is 7.22. The molecule has 0 aliphatic rings. The molecule has 0 saturated heterocycles. The van der Waals surface area contributed by atoms with E-state index < -0.39 is 51.5 Å². The van der Waals surface area contributed by atoms with Gasteiger partial charge in [-0.25, -0.2) is 8.78 Å². The molecule has 0 fully saturated rings. The zero-order chi connectivity index (χ0) is 29.8. The van der Waals surface area contributed by atoms with Gasteiger partial charge in [0, 0.05) is 16.6 Å². The second-order valence-corrected chi connectivity index (χ2v) is 11.5. The summed E-state index contributed by atoms with van der Waals surface area (Å²) in [5, 5.41) is 6.46. The van der Waals surface area contributed by atoms with Gasteiger partial charge < -0.3 is 16.0 Å². The van der Waals surface area contributed by atoms with Crippen molar-refractivity contribution in [3.8, 4) is 0 Å². The van der Waals surface area contributed by atoms with Crippen molar-refractivity contribution < 1.29 is 31.9 Å². The van der Waals surface area contributed by atoms with Crippen LogP contribution in [-0.4, -0.2) is 28.5 Å². The Labute approximate surface area is 253 Å². The van der Waals surface area contributed by atoms with E-state index in [1.807, 2.05) is 0 Å². The lowest BCUT2D eigenvalue weighted by molar-refractivity contribution is -0.126. The highest BCUT2D eigenvalue weighted by molar-refractivity contribution is 9.10. The highest BCUT2D eigenvalue weighted by atomic mass is 79.9. The normalized spacial score (nSPS) is 11.3. The Hall–Kier alpha value is -2.57. The van der Waals surface area contributed by atoms with Crippen molar-refractivity contribution in [2.24, 2.45) is 0 Å². The monoisotopic (exact) mass is 701 g/mol. The first kappa shape index (κ1) is 32.0. The number of halogens is 9. The van der Waals surface area contributed by atoms with Crippen molar-refractivity contribution in [3.63, 3.8) is 0 Å². The lowest BCUT2D eigenvalue weighted by Crippen LogP contribution is -2.25. The van der Waals surface area contributed by atoms with E-state index in [1.165, 1.54) is 23.5 Å². The summed E-state index contributed by atoms with van der Waals surface area (Å²) in [4.78, 5) is 36.6. The molecule has 0 saturated carbocycles. The lowest BCUT2D eigenvalue weighted by atomic mass is 10.1. The summed E-state index contributed by atoms with van der Waals surface area (Å²) in [6, 6.07) is 10.4. The predicted octanol–water partition coefficient (Wildman–Crippen LogP) is 8.24. The van der Waals surface area contributed by atoms with Crippen LogP contribution in [0.15, 0.2) is 53.0 Å². The largest absolute Gasteiger partial charge is 0.326 e. The molecule has 3 amide bonds. The van der Waals surface area contributed by atoms with Crippen LogP contribution in [0.1, 0.15) is 22.3 Å². The van der Waals surface area contributed by atoms with E-state index in [-0.39, 0.29) is 29.1 Å². The number of benzene rings is 3. The van der Waals surface area contributed by atoms with Gasteiger partial charge in [-0.15, -0.1) is 23.2 Å². The van der Waals surface area contributed by atoms with E-state index in [0.717, 1.165) is 6.07 Å². The summed E-state index contributed by atoms with van der Waals surface area (Å²) in [6.45, 7) is 0. The third kappa shape index (κ3) is 8.47. The maximum absolute atomic E-state index is 14.7. The Morgan fingerprint density at radius 2 is 1.57 bits per heavy atom. The molecule has 0 aromatic heterocycles. The lowest BCUT2D eigenvalue weighted by Gasteiger charge is -2.19. The quantitative estimate of drug-likeness (QED) is 0.155. The average Bonchev–Trinajstić information content (AvgIpc) is 2.86. The van der Waals surface area contributed by atoms with Crippen LogP contribution in [0, 0.1) is 11.6 Å². The summed E-state index contributed by atoms with van der Waals surface area (Å²) in [5.41, 5.74) is -1.21. The Bertz CT molecular complexity index is 1480. The fourth-order valence-corrected chi connectivity index (χ4v) is 4.66. The van der Waals surface area contributed by atoms with Gasteiger partial charge in [-0.2, -0.15) is 8.78 Å². The molecule has 0 aliphatic carbocycles. The van der Waals surface area contributed by atoms with Crippen molar-refractivity contribution in [3.05, 3.63) is 85.8 Å². The maximum atomic E-state index is 14.7. The van der Waals surface area contributed by atoms with E-state index in [0.29, 0.717) is 21.1 Å². The molecule has 0 atom stereocenters. The van der Waals surface area contributed by atoms with Crippen LogP contribution in [0.25, 0.3) is 0 Å². The van der Waals surface area contributed by atoms with Crippen LogP contribution < -0.4 is 16.0 Å². The zero-order valence-electron chi connectivity index (χ0n) is 19.7. The van der Waals surface area contributed by atoms with E-state index >= 15 is 0 Å². The van der Waals surface area contributed by atoms with E-state index in [4.69, 9.17) is 46.4 Å². The standard InChI is InChI=1S/C25H16BrCl4F4N3O3/c26-14-7-11(1-3-16(14)28)9-25(29,30)10-19(38)35-12-2-4-15(27)13(8-12)23(39)36-18-6-5-17(31)21(20(18)32)37-24(40)22(33)34/h1-8,22H,9-10H2,(H,35,38)(H,36,39)(H,37,40). The second-order valence-electron chi connectivity index (χ2n) is 8.23. The smallest absolute Gasteiger partial charge is 0.315 e. The van der Waals surface area contributed by atoms with E-state index in [1.54, 1.807) is 18.2 Å². The molecular formula is C25H16BrCl4F4N3O3. The minimum absolute atomic E-state index is 0.0957. The number of nitrogens with one attached hydrogen (secondary N) is 3. The number of amides is 3. The molecule has 0 aliphatic heterocycles. The molecular weight excluding hydrogens is 688 g/mol. The average molecular weight is 704 g/mol. The molecule has 15 heteroatoms. The topological polar surface area (TPSA) is 87.3 Å². The van der Waals surface area contributed by atoms with Crippen molar-refractivity contribution >= 4 is 97.1 Å². The SMILES string of the molecule is O=C(CC(Cl)(Cl)Cc1ccc(Cl)c(Br)c1)Nc1ccc(Cl)c(C(=O)Nc2ccc(F)c(NC(=O)C(F)F)c2F)c1. The van der Waals surface area contributed by atoms with Gasteiger partial charge in [0.1, 0.15) is 15.8 Å². The molecule has 40 heavy (non-hydrogen) atoms. The number of carbonyl (C=O) groups is 3. The number of alkyl halides is 4. The van der Waals surface area contributed by atoms with Gasteiger partial charge in [0.15, 0.2) is 5.82 Å². The molecule has 6 nitrogen and oxygen atoms in total. The molecule has 3 aromatic rings. The van der Waals surface area contributed by atoms with Crippen molar-refractivity contribution in [1.82, 2.24) is 0 Å². The minimum atomic E-state index is -3.53. The summed E-state index contributed by atoms with van der Waals surface area (Å²) in [6.07, 6.45) is -3.76. The number of hydrogen-bond donors (Lipinski definition) is 3. The Balaban J connectivity index is 1.72. The Morgan fingerprint density at radius 1 is 0.900 bits per heavy atom. The fourth-order valence-electron chi connectivity index (χ4n) is 3.36. The van der Waals surface area contributed by atoms with Gasteiger partial charge in [0.25, 0.3) is 11.8 Å². The first-order valence-electron chi connectivity index (χ1n) is 11.0. The molecule has 0 radical (unpaired) electrons. The number of rotatable bonds is 9. The Morgan fingerprint density at radius 3 is 2.23 bits per heavy atom. The molecule has 212 valence electrons. The van der Waals surface area contributed by atoms with E-state index in [9.17, 15) is 31.9 Å².